The van der Waals surface area contributed by atoms with Crippen molar-refractivity contribution in [3.63, 3.8) is 0 Å². The van der Waals surface area contributed by atoms with Crippen LogP contribution < -0.4 is 19.8 Å². The van der Waals surface area contributed by atoms with Gasteiger partial charge in [-0.2, -0.15) is 0 Å². The van der Waals surface area contributed by atoms with Crippen molar-refractivity contribution in [2.24, 2.45) is 5.92 Å². The van der Waals surface area contributed by atoms with E-state index in [1.54, 1.807) is 30.5 Å². The van der Waals surface area contributed by atoms with E-state index in [4.69, 9.17) is 9.47 Å². The van der Waals surface area contributed by atoms with E-state index in [0.29, 0.717) is 34.2 Å². The lowest BCUT2D eigenvalue weighted by Crippen LogP contribution is -2.20. The molecule has 3 aromatic rings. The van der Waals surface area contributed by atoms with Crippen LogP contribution >= 0.6 is 0 Å². The SMILES string of the molecule is COc1cc(-n2ccc(-c3ccc(OC(F)(F)F)cc3)cc2=O)ccc1OCC(O)C1CC1. The maximum absolute atomic E-state index is 12.7. The molecule has 0 radical (unpaired) electrons. The van der Waals surface area contributed by atoms with Crippen molar-refractivity contribution in [3.05, 3.63) is 71.1 Å². The Morgan fingerprint density at radius 3 is 2.36 bits per heavy atom. The molecule has 0 aliphatic heterocycles. The van der Waals surface area contributed by atoms with Crippen molar-refractivity contribution in [3.8, 4) is 34.1 Å². The number of nitrogens with zero attached hydrogens (tertiary/aromatic N) is 1. The molecule has 1 saturated carbocycles. The topological polar surface area (TPSA) is 69.9 Å². The molecule has 1 aliphatic rings. The van der Waals surface area contributed by atoms with Crippen molar-refractivity contribution in [1.82, 2.24) is 4.57 Å². The Bertz CT molecular complexity index is 1170. The Morgan fingerprint density at radius 2 is 1.76 bits per heavy atom. The van der Waals surface area contributed by atoms with E-state index in [1.165, 1.54) is 42.0 Å². The highest BCUT2D eigenvalue weighted by molar-refractivity contribution is 5.64. The normalized spacial score (nSPS) is 14.6. The average Bonchev–Trinajstić information content (AvgIpc) is 3.62. The van der Waals surface area contributed by atoms with Gasteiger partial charge in [-0.1, -0.05) is 12.1 Å². The number of alkyl halides is 3. The summed E-state index contributed by atoms with van der Waals surface area (Å²) < 4.78 is 53.3. The van der Waals surface area contributed by atoms with Crippen LogP contribution in [-0.2, 0) is 0 Å². The minimum atomic E-state index is -4.76. The van der Waals surface area contributed by atoms with Crippen LogP contribution in [0.5, 0.6) is 17.2 Å². The first-order valence-electron chi connectivity index (χ1n) is 10.3. The van der Waals surface area contributed by atoms with E-state index >= 15 is 0 Å². The van der Waals surface area contributed by atoms with Crippen LogP contribution in [0.3, 0.4) is 0 Å². The predicted octanol–water partition coefficient (Wildman–Crippen LogP) is 4.56. The minimum Gasteiger partial charge on any atom is -0.493 e. The number of halogens is 3. The highest BCUT2D eigenvalue weighted by Crippen LogP contribution is 2.34. The number of rotatable bonds is 8. The first kappa shape index (κ1) is 22.7. The lowest BCUT2D eigenvalue weighted by atomic mass is 10.1. The Kier molecular flexibility index (Phi) is 6.33. The number of aliphatic hydroxyl groups is 1. The lowest BCUT2D eigenvalue weighted by Gasteiger charge is -2.15. The van der Waals surface area contributed by atoms with E-state index < -0.39 is 12.5 Å². The highest BCUT2D eigenvalue weighted by atomic mass is 19.4. The lowest BCUT2D eigenvalue weighted by molar-refractivity contribution is -0.274. The third-order valence-electron chi connectivity index (χ3n) is 5.34. The molecule has 0 spiro atoms. The van der Waals surface area contributed by atoms with Crippen LogP contribution in [0.1, 0.15) is 12.8 Å². The summed E-state index contributed by atoms with van der Waals surface area (Å²) >= 11 is 0. The quantitative estimate of drug-likeness (QED) is 0.533. The Balaban J connectivity index is 1.52. The first-order chi connectivity index (χ1) is 15.7. The molecule has 1 unspecified atom stereocenters. The van der Waals surface area contributed by atoms with Crippen LogP contribution in [0.25, 0.3) is 16.8 Å². The van der Waals surface area contributed by atoms with E-state index in [-0.39, 0.29) is 17.9 Å². The summed E-state index contributed by atoms with van der Waals surface area (Å²) in [5.41, 5.74) is 1.34. The molecule has 1 aromatic heterocycles. The first-order valence-corrected chi connectivity index (χ1v) is 10.3. The summed E-state index contributed by atoms with van der Waals surface area (Å²) in [6.07, 6.45) is -1.70. The van der Waals surface area contributed by atoms with Crippen LogP contribution in [0.2, 0.25) is 0 Å². The van der Waals surface area contributed by atoms with Gasteiger partial charge in [-0.05, 0) is 60.2 Å². The van der Waals surface area contributed by atoms with Gasteiger partial charge in [0.2, 0.25) is 0 Å². The van der Waals surface area contributed by atoms with E-state index in [2.05, 4.69) is 4.74 Å². The van der Waals surface area contributed by atoms with Crippen LogP contribution in [0.4, 0.5) is 13.2 Å². The third kappa shape index (κ3) is 5.67. The minimum absolute atomic E-state index is 0.168. The molecule has 174 valence electrons. The van der Waals surface area contributed by atoms with Gasteiger partial charge in [-0.25, -0.2) is 0 Å². The second-order valence-corrected chi connectivity index (χ2v) is 7.75. The van der Waals surface area contributed by atoms with Crippen molar-refractivity contribution < 1.29 is 32.5 Å². The van der Waals surface area contributed by atoms with Gasteiger partial charge in [0.25, 0.3) is 5.56 Å². The van der Waals surface area contributed by atoms with Gasteiger partial charge >= 0.3 is 6.36 Å². The second-order valence-electron chi connectivity index (χ2n) is 7.75. The van der Waals surface area contributed by atoms with E-state index in [9.17, 15) is 23.1 Å². The largest absolute Gasteiger partial charge is 0.573 e. The monoisotopic (exact) mass is 461 g/mol. The predicted molar refractivity (Wildman–Crippen MR) is 115 cm³/mol. The van der Waals surface area contributed by atoms with Crippen LogP contribution in [-0.4, -0.2) is 35.9 Å². The number of aromatic nitrogens is 1. The van der Waals surface area contributed by atoms with Gasteiger partial charge in [0, 0.05) is 18.3 Å². The fourth-order valence-electron chi connectivity index (χ4n) is 3.44. The maximum Gasteiger partial charge on any atom is 0.573 e. The number of hydrogen-bond donors (Lipinski definition) is 1. The number of benzene rings is 2. The number of hydrogen-bond acceptors (Lipinski definition) is 5. The van der Waals surface area contributed by atoms with Gasteiger partial charge < -0.3 is 19.3 Å². The highest BCUT2D eigenvalue weighted by Gasteiger charge is 2.31. The number of ether oxygens (including phenoxy) is 3. The summed E-state index contributed by atoms with van der Waals surface area (Å²) in [6.45, 7) is 0.168. The Hall–Kier alpha value is -3.46. The molecule has 1 N–H and O–H groups in total. The van der Waals surface area contributed by atoms with Gasteiger partial charge in [-0.15, -0.1) is 13.2 Å². The van der Waals surface area contributed by atoms with Crippen molar-refractivity contribution in [2.45, 2.75) is 25.3 Å². The third-order valence-corrected chi connectivity index (χ3v) is 5.34. The van der Waals surface area contributed by atoms with E-state index in [1.807, 2.05) is 0 Å². The van der Waals surface area contributed by atoms with Crippen molar-refractivity contribution in [2.75, 3.05) is 13.7 Å². The van der Waals surface area contributed by atoms with Gasteiger partial charge in [0.05, 0.1) is 18.9 Å². The smallest absolute Gasteiger partial charge is 0.493 e. The zero-order valence-corrected chi connectivity index (χ0v) is 17.7. The molecule has 9 heteroatoms. The number of methoxy groups -OCH3 is 1. The summed E-state index contributed by atoms with van der Waals surface area (Å²) in [4.78, 5) is 12.7. The summed E-state index contributed by atoms with van der Waals surface area (Å²) in [5.74, 6) is 0.845. The molecular formula is C24H22F3NO5. The van der Waals surface area contributed by atoms with Crippen molar-refractivity contribution in [1.29, 1.82) is 0 Å². The molecule has 1 heterocycles. The Labute approximate surface area is 187 Å². The van der Waals surface area contributed by atoms with E-state index in [0.717, 1.165) is 12.8 Å². The fraction of sp³-hybridized carbons (Fsp3) is 0.292. The fourth-order valence-corrected chi connectivity index (χ4v) is 3.44. The molecule has 1 fully saturated rings. The molecule has 33 heavy (non-hydrogen) atoms. The van der Waals surface area contributed by atoms with Crippen LogP contribution in [0.15, 0.2) is 65.6 Å². The zero-order chi connectivity index (χ0) is 23.6. The molecule has 4 rings (SSSR count). The second kappa shape index (κ2) is 9.19. The average molecular weight is 461 g/mol. The molecule has 2 aromatic carbocycles. The summed E-state index contributed by atoms with van der Waals surface area (Å²) in [5, 5.41) is 10.00. The molecular weight excluding hydrogens is 439 g/mol. The van der Waals surface area contributed by atoms with Crippen LogP contribution in [0, 0.1) is 5.92 Å². The van der Waals surface area contributed by atoms with Gasteiger partial charge in [-0.3, -0.25) is 9.36 Å². The number of pyridine rings is 1. The number of aliphatic hydroxyl groups excluding tert-OH is 1. The van der Waals surface area contributed by atoms with Gasteiger partial charge in [0.15, 0.2) is 11.5 Å². The molecule has 6 nitrogen and oxygen atoms in total. The molecule has 0 amide bonds. The Morgan fingerprint density at radius 1 is 1.03 bits per heavy atom. The summed E-state index contributed by atoms with van der Waals surface area (Å²) in [6, 6.07) is 13.4. The molecule has 1 atom stereocenters. The standard InChI is InChI=1S/C24H22F3NO5/c1-31-22-13-18(6-9-21(22)32-14-20(29)16-2-3-16)28-11-10-17(12-23(28)30)15-4-7-19(8-5-15)33-24(25,26)27/h4-13,16,20,29H,2-3,14H2,1H3. The molecule has 0 saturated heterocycles. The molecule has 0 bridgehead atoms. The molecule has 1 aliphatic carbocycles. The summed E-state index contributed by atoms with van der Waals surface area (Å²) in [7, 11) is 1.49. The van der Waals surface area contributed by atoms with Crippen molar-refractivity contribution >= 4 is 0 Å². The maximum atomic E-state index is 12.7. The zero-order valence-electron chi connectivity index (χ0n) is 17.7. The van der Waals surface area contributed by atoms with Gasteiger partial charge in [0.1, 0.15) is 12.4 Å².